The maximum Gasteiger partial charge on any atom is 0.0420 e. The molecule has 0 amide bonds. The van der Waals surface area contributed by atoms with Gasteiger partial charge in [-0.15, -0.1) is 0 Å². The topological polar surface area (TPSA) is 12.0 Å². The van der Waals surface area contributed by atoms with Crippen molar-refractivity contribution in [1.29, 1.82) is 0 Å². The molecule has 0 saturated heterocycles. The zero-order valence-corrected chi connectivity index (χ0v) is 22.2. The Balaban J connectivity index is 1.07. The maximum atomic E-state index is 3.75. The van der Waals surface area contributed by atoms with Gasteiger partial charge in [-0.3, -0.25) is 0 Å². The fourth-order valence-corrected chi connectivity index (χ4v) is 5.79. The molecule has 0 bridgehead atoms. The van der Waals surface area contributed by atoms with Crippen LogP contribution in [0, 0.1) is 0 Å². The standard InChI is InChI=1S/C34H47N/c1-2-3-4-5-6-7-8-9-10-11-12-13-14-15-16-17-27-35-32-26-24-30-22-21-28-19-18-20-29-23-25-31(32)34(30)33(28)29/h18-26,35H,2-17,27H2,1H3. The van der Waals surface area contributed by atoms with E-state index >= 15 is 0 Å². The zero-order valence-electron chi connectivity index (χ0n) is 22.2. The third-order valence-electron chi connectivity index (χ3n) is 7.87. The summed E-state index contributed by atoms with van der Waals surface area (Å²) in [4.78, 5) is 0. The minimum Gasteiger partial charge on any atom is -0.385 e. The van der Waals surface area contributed by atoms with Crippen LogP contribution in [-0.2, 0) is 0 Å². The highest BCUT2D eigenvalue weighted by Crippen LogP contribution is 2.37. The van der Waals surface area contributed by atoms with E-state index in [0.29, 0.717) is 0 Å². The van der Waals surface area contributed by atoms with E-state index in [2.05, 4.69) is 66.8 Å². The largest absolute Gasteiger partial charge is 0.385 e. The van der Waals surface area contributed by atoms with E-state index in [1.54, 1.807) is 0 Å². The molecule has 0 fully saturated rings. The van der Waals surface area contributed by atoms with Crippen molar-refractivity contribution >= 4 is 38.0 Å². The molecule has 0 radical (unpaired) electrons. The zero-order chi connectivity index (χ0) is 24.1. The van der Waals surface area contributed by atoms with Gasteiger partial charge in [-0.05, 0) is 39.4 Å². The van der Waals surface area contributed by atoms with Crippen LogP contribution in [0.1, 0.15) is 110 Å². The van der Waals surface area contributed by atoms with Gasteiger partial charge < -0.3 is 5.32 Å². The Morgan fingerprint density at radius 1 is 0.457 bits per heavy atom. The Labute approximate surface area is 214 Å². The second-order valence-electron chi connectivity index (χ2n) is 10.7. The molecule has 0 aromatic heterocycles. The first-order valence-corrected chi connectivity index (χ1v) is 14.8. The highest BCUT2D eigenvalue weighted by atomic mass is 14.9. The number of hydrogen-bond donors (Lipinski definition) is 1. The quantitative estimate of drug-likeness (QED) is 0.113. The molecule has 188 valence electrons. The van der Waals surface area contributed by atoms with Crippen molar-refractivity contribution in [3.05, 3.63) is 54.6 Å². The molecule has 4 aromatic rings. The van der Waals surface area contributed by atoms with Gasteiger partial charge in [0.2, 0.25) is 0 Å². The first-order chi connectivity index (χ1) is 17.4. The molecule has 0 aliphatic rings. The highest BCUT2D eigenvalue weighted by Gasteiger charge is 2.10. The van der Waals surface area contributed by atoms with Crippen LogP contribution in [-0.4, -0.2) is 6.54 Å². The summed E-state index contributed by atoms with van der Waals surface area (Å²) in [6, 6.07) is 20.3. The van der Waals surface area contributed by atoms with Crippen LogP contribution >= 0.6 is 0 Å². The number of nitrogens with one attached hydrogen (secondary N) is 1. The van der Waals surface area contributed by atoms with Crippen LogP contribution in [0.15, 0.2) is 54.6 Å². The third-order valence-corrected chi connectivity index (χ3v) is 7.87. The van der Waals surface area contributed by atoms with Gasteiger partial charge in [0, 0.05) is 17.6 Å². The van der Waals surface area contributed by atoms with E-state index in [1.165, 1.54) is 141 Å². The van der Waals surface area contributed by atoms with E-state index in [1.807, 2.05) is 0 Å². The third kappa shape index (κ3) is 7.35. The molecule has 0 atom stereocenters. The van der Waals surface area contributed by atoms with Gasteiger partial charge in [-0.25, -0.2) is 0 Å². The summed E-state index contributed by atoms with van der Waals surface area (Å²) in [5.41, 5.74) is 1.29. The van der Waals surface area contributed by atoms with E-state index in [0.717, 1.165) is 6.54 Å². The molecule has 35 heavy (non-hydrogen) atoms. The van der Waals surface area contributed by atoms with Crippen LogP contribution in [0.4, 0.5) is 5.69 Å². The van der Waals surface area contributed by atoms with Crippen molar-refractivity contribution in [3.8, 4) is 0 Å². The lowest BCUT2D eigenvalue weighted by molar-refractivity contribution is 0.530. The predicted octanol–water partition coefficient (Wildman–Crippen LogP) is 11.3. The van der Waals surface area contributed by atoms with Crippen LogP contribution in [0.2, 0.25) is 0 Å². The van der Waals surface area contributed by atoms with Gasteiger partial charge in [0.25, 0.3) is 0 Å². The fraction of sp³-hybridized carbons (Fsp3) is 0.529. The monoisotopic (exact) mass is 469 g/mol. The van der Waals surface area contributed by atoms with Gasteiger partial charge in [-0.2, -0.15) is 0 Å². The lowest BCUT2D eigenvalue weighted by Gasteiger charge is -2.15. The van der Waals surface area contributed by atoms with Gasteiger partial charge >= 0.3 is 0 Å². The summed E-state index contributed by atoms with van der Waals surface area (Å²) < 4.78 is 0. The van der Waals surface area contributed by atoms with E-state index in [9.17, 15) is 0 Å². The van der Waals surface area contributed by atoms with E-state index in [-0.39, 0.29) is 0 Å². The molecule has 0 saturated carbocycles. The van der Waals surface area contributed by atoms with Crippen molar-refractivity contribution in [2.45, 2.75) is 110 Å². The molecule has 0 aliphatic heterocycles. The minimum atomic E-state index is 1.07. The van der Waals surface area contributed by atoms with Crippen molar-refractivity contribution in [2.24, 2.45) is 0 Å². The van der Waals surface area contributed by atoms with Gasteiger partial charge in [0.15, 0.2) is 0 Å². The molecule has 1 N–H and O–H groups in total. The average Bonchev–Trinajstić information content (AvgIpc) is 2.89. The van der Waals surface area contributed by atoms with Crippen LogP contribution in [0.3, 0.4) is 0 Å². The number of anilines is 1. The van der Waals surface area contributed by atoms with Crippen molar-refractivity contribution in [1.82, 2.24) is 0 Å². The highest BCUT2D eigenvalue weighted by molar-refractivity contribution is 6.25. The average molecular weight is 470 g/mol. The lowest BCUT2D eigenvalue weighted by atomic mass is 9.93. The molecular formula is C34H47N. The van der Waals surface area contributed by atoms with Gasteiger partial charge in [-0.1, -0.05) is 152 Å². The van der Waals surface area contributed by atoms with E-state index in [4.69, 9.17) is 0 Å². The molecule has 4 aromatic carbocycles. The van der Waals surface area contributed by atoms with Crippen LogP contribution in [0.25, 0.3) is 32.3 Å². The Morgan fingerprint density at radius 2 is 0.914 bits per heavy atom. The summed E-state index contributed by atoms with van der Waals surface area (Å²) in [5.74, 6) is 0. The number of benzene rings is 4. The smallest absolute Gasteiger partial charge is 0.0420 e. The van der Waals surface area contributed by atoms with Gasteiger partial charge in [0.05, 0.1) is 0 Å². The second-order valence-corrected chi connectivity index (χ2v) is 10.7. The van der Waals surface area contributed by atoms with Crippen LogP contribution in [0.5, 0.6) is 0 Å². The minimum absolute atomic E-state index is 1.07. The number of hydrogen-bond acceptors (Lipinski definition) is 1. The molecule has 0 unspecified atom stereocenters. The normalized spacial score (nSPS) is 11.8. The summed E-state index contributed by atoms with van der Waals surface area (Å²) in [7, 11) is 0. The Kier molecular flexibility index (Phi) is 10.6. The Morgan fingerprint density at radius 3 is 1.49 bits per heavy atom. The number of unbranched alkanes of at least 4 members (excludes halogenated alkanes) is 15. The SMILES string of the molecule is CCCCCCCCCCCCCCCCCCNc1ccc2ccc3cccc4ccc1c2c34. The predicted molar refractivity (Wildman–Crippen MR) is 158 cm³/mol. The molecule has 0 spiro atoms. The maximum absolute atomic E-state index is 3.75. The molecule has 0 heterocycles. The second kappa shape index (κ2) is 14.3. The summed E-state index contributed by atoms with van der Waals surface area (Å²) in [6.07, 6.45) is 22.7. The molecule has 0 aliphatic carbocycles. The van der Waals surface area contributed by atoms with Crippen molar-refractivity contribution < 1.29 is 0 Å². The molecule has 1 heteroatoms. The first-order valence-electron chi connectivity index (χ1n) is 14.8. The van der Waals surface area contributed by atoms with E-state index < -0.39 is 0 Å². The molecule has 4 rings (SSSR count). The summed E-state index contributed by atoms with van der Waals surface area (Å²) in [6.45, 7) is 3.37. The summed E-state index contributed by atoms with van der Waals surface area (Å²) in [5, 5.41) is 12.0. The summed E-state index contributed by atoms with van der Waals surface area (Å²) >= 11 is 0. The number of rotatable bonds is 18. The Hall–Kier alpha value is -2.28. The van der Waals surface area contributed by atoms with Crippen molar-refractivity contribution in [2.75, 3.05) is 11.9 Å². The fourth-order valence-electron chi connectivity index (χ4n) is 5.79. The van der Waals surface area contributed by atoms with Crippen molar-refractivity contribution in [3.63, 3.8) is 0 Å². The first kappa shape index (κ1) is 25.8. The lowest BCUT2D eigenvalue weighted by Crippen LogP contribution is -2.02. The van der Waals surface area contributed by atoms with Gasteiger partial charge in [0.1, 0.15) is 0 Å². The Bertz CT molecular complexity index is 1110. The molecule has 1 nitrogen and oxygen atoms in total. The van der Waals surface area contributed by atoms with Crippen LogP contribution < -0.4 is 5.32 Å². The molecular weight excluding hydrogens is 422 g/mol.